The zero-order valence-electron chi connectivity index (χ0n) is 19.6. The van der Waals surface area contributed by atoms with Crippen molar-refractivity contribution in [3.63, 3.8) is 0 Å². The standard InChI is InChI=1S/C25H25ClN8O/c1-13-29-14(2)31-25(30-13)33-6-5-19-20-7-16(26)3-4-21(20)32-22(19)23(33)15-9-27-24(28-10-15)34-11-18-8-17(34)12-35-18/h3-4,7,9-10,17-18,23,32H,5-6,8,11-12H2,1-2H3. The molecule has 0 amide bonds. The Morgan fingerprint density at radius 2 is 1.83 bits per heavy atom. The summed E-state index contributed by atoms with van der Waals surface area (Å²) in [6.07, 6.45) is 6.10. The number of anilines is 2. The molecule has 1 N–H and O–H groups in total. The summed E-state index contributed by atoms with van der Waals surface area (Å²) in [5, 5.41) is 1.89. The fourth-order valence-electron chi connectivity index (χ4n) is 5.82. The molecule has 2 fully saturated rings. The van der Waals surface area contributed by atoms with Crippen LogP contribution in [0.2, 0.25) is 5.02 Å². The van der Waals surface area contributed by atoms with Crippen LogP contribution in [-0.2, 0) is 11.2 Å². The summed E-state index contributed by atoms with van der Waals surface area (Å²) in [5.41, 5.74) is 4.43. The van der Waals surface area contributed by atoms with Crippen molar-refractivity contribution in [2.45, 2.75) is 44.9 Å². The second-order valence-corrected chi connectivity index (χ2v) is 10.0. The summed E-state index contributed by atoms with van der Waals surface area (Å²) in [4.78, 5) is 31.5. The number of rotatable bonds is 3. The van der Waals surface area contributed by atoms with Crippen molar-refractivity contribution in [3.8, 4) is 0 Å². The largest absolute Gasteiger partial charge is 0.374 e. The highest BCUT2D eigenvalue weighted by molar-refractivity contribution is 6.31. The molecule has 35 heavy (non-hydrogen) atoms. The maximum absolute atomic E-state index is 6.35. The normalized spacial score (nSPS) is 23.3. The number of ether oxygens (including phenoxy) is 1. The molecular formula is C25H25ClN8O. The molecule has 3 aliphatic heterocycles. The van der Waals surface area contributed by atoms with Crippen LogP contribution >= 0.6 is 11.6 Å². The molecular weight excluding hydrogens is 464 g/mol. The zero-order valence-corrected chi connectivity index (χ0v) is 20.3. The minimum Gasteiger partial charge on any atom is -0.374 e. The van der Waals surface area contributed by atoms with Crippen molar-refractivity contribution in [1.29, 1.82) is 0 Å². The van der Waals surface area contributed by atoms with Gasteiger partial charge in [0.2, 0.25) is 11.9 Å². The van der Waals surface area contributed by atoms with E-state index in [1.54, 1.807) is 0 Å². The average Bonchev–Trinajstić information content (AvgIpc) is 3.57. The first-order valence-electron chi connectivity index (χ1n) is 12.0. The van der Waals surface area contributed by atoms with E-state index in [-0.39, 0.29) is 6.04 Å². The highest BCUT2D eigenvalue weighted by Crippen LogP contribution is 2.40. The van der Waals surface area contributed by atoms with Gasteiger partial charge in [0.05, 0.1) is 18.8 Å². The number of nitrogens with zero attached hydrogens (tertiary/aromatic N) is 7. The van der Waals surface area contributed by atoms with Crippen molar-refractivity contribution in [1.82, 2.24) is 29.9 Å². The fraction of sp³-hybridized carbons (Fsp3) is 0.400. The van der Waals surface area contributed by atoms with Crippen LogP contribution in [0.25, 0.3) is 10.9 Å². The number of aromatic nitrogens is 6. The maximum atomic E-state index is 6.35. The van der Waals surface area contributed by atoms with E-state index in [4.69, 9.17) is 26.3 Å². The lowest BCUT2D eigenvalue weighted by molar-refractivity contribution is 0.0986. The van der Waals surface area contributed by atoms with Crippen molar-refractivity contribution >= 4 is 34.4 Å². The third kappa shape index (κ3) is 3.44. The van der Waals surface area contributed by atoms with Crippen LogP contribution in [0.4, 0.5) is 11.9 Å². The molecule has 178 valence electrons. The highest BCUT2D eigenvalue weighted by atomic mass is 35.5. The molecule has 3 unspecified atom stereocenters. The predicted octanol–water partition coefficient (Wildman–Crippen LogP) is 3.54. The van der Waals surface area contributed by atoms with Gasteiger partial charge in [0.1, 0.15) is 17.7 Å². The Bertz CT molecular complexity index is 1420. The van der Waals surface area contributed by atoms with Crippen LogP contribution in [0.15, 0.2) is 30.6 Å². The number of fused-ring (bicyclic) bond motifs is 5. The maximum Gasteiger partial charge on any atom is 0.229 e. The molecule has 10 heteroatoms. The monoisotopic (exact) mass is 488 g/mol. The van der Waals surface area contributed by atoms with E-state index in [1.165, 1.54) is 5.56 Å². The van der Waals surface area contributed by atoms with Crippen molar-refractivity contribution in [2.24, 2.45) is 0 Å². The predicted molar refractivity (Wildman–Crippen MR) is 133 cm³/mol. The van der Waals surface area contributed by atoms with Crippen LogP contribution in [0.5, 0.6) is 0 Å². The molecule has 3 atom stereocenters. The third-order valence-corrected chi connectivity index (χ3v) is 7.56. The SMILES string of the molecule is Cc1nc(C)nc(N2CCc3c([nH]c4ccc(Cl)cc34)C2c2cnc(N3CC4CC3CO4)nc2)n1. The molecule has 1 aromatic carbocycles. The van der Waals surface area contributed by atoms with Gasteiger partial charge in [-0.3, -0.25) is 0 Å². The molecule has 4 aromatic rings. The molecule has 6 heterocycles. The van der Waals surface area contributed by atoms with Crippen LogP contribution in [0.3, 0.4) is 0 Å². The van der Waals surface area contributed by atoms with Crippen LogP contribution in [0.1, 0.15) is 40.9 Å². The summed E-state index contributed by atoms with van der Waals surface area (Å²) < 4.78 is 5.74. The van der Waals surface area contributed by atoms with Gasteiger partial charge < -0.3 is 19.5 Å². The first kappa shape index (κ1) is 21.0. The van der Waals surface area contributed by atoms with Gasteiger partial charge in [0, 0.05) is 52.7 Å². The number of nitrogens with one attached hydrogen (secondary N) is 1. The van der Waals surface area contributed by atoms with E-state index < -0.39 is 0 Å². The molecule has 0 spiro atoms. The van der Waals surface area contributed by atoms with E-state index >= 15 is 0 Å². The molecule has 2 bridgehead atoms. The molecule has 3 aromatic heterocycles. The van der Waals surface area contributed by atoms with E-state index in [0.717, 1.165) is 65.7 Å². The second kappa shape index (κ2) is 7.86. The van der Waals surface area contributed by atoms with Crippen LogP contribution in [0, 0.1) is 13.8 Å². The Morgan fingerprint density at radius 1 is 1.03 bits per heavy atom. The molecule has 3 aliphatic rings. The topological polar surface area (TPSA) is 96.0 Å². The number of halogens is 1. The van der Waals surface area contributed by atoms with Gasteiger partial charge in [0.15, 0.2) is 0 Å². The Kier molecular flexibility index (Phi) is 4.72. The number of hydrogen-bond donors (Lipinski definition) is 1. The lowest BCUT2D eigenvalue weighted by Crippen LogP contribution is -2.39. The fourth-order valence-corrected chi connectivity index (χ4v) is 5.99. The van der Waals surface area contributed by atoms with Crippen molar-refractivity contribution < 1.29 is 4.74 Å². The third-order valence-electron chi connectivity index (χ3n) is 7.32. The Balaban J connectivity index is 1.34. The van der Waals surface area contributed by atoms with Crippen molar-refractivity contribution in [2.75, 3.05) is 29.5 Å². The van der Waals surface area contributed by atoms with E-state index in [0.29, 0.717) is 29.7 Å². The summed E-state index contributed by atoms with van der Waals surface area (Å²) in [7, 11) is 0. The number of morpholine rings is 1. The number of H-pyrrole nitrogens is 1. The lowest BCUT2D eigenvalue weighted by atomic mass is 9.94. The number of aryl methyl sites for hydroxylation is 2. The molecule has 7 rings (SSSR count). The second-order valence-electron chi connectivity index (χ2n) is 9.60. The summed E-state index contributed by atoms with van der Waals surface area (Å²) in [6.45, 7) is 6.17. The van der Waals surface area contributed by atoms with Gasteiger partial charge in [-0.1, -0.05) is 11.6 Å². The van der Waals surface area contributed by atoms with Crippen LogP contribution in [-0.4, -0.2) is 61.7 Å². The van der Waals surface area contributed by atoms with Crippen molar-refractivity contribution in [3.05, 3.63) is 64.1 Å². The smallest absolute Gasteiger partial charge is 0.229 e. The number of benzene rings is 1. The minimum absolute atomic E-state index is 0.154. The quantitative estimate of drug-likeness (QED) is 0.468. The zero-order chi connectivity index (χ0) is 23.7. The highest BCUT2D eigenvalue weighted by Gasteiger charge is 2.40. The Morgan fingerprint density at radius 3 is 2.54 bits per heavy atom. The van der Waals surface area contributed by atoms with Gasteiger partial charge in [0.25, 0.3) is 0 Å². The molecule has 2 saturated heterocycles. The van der Waals surface area contributed by atoms with Gasteiger partial charge in [-0.05, 0) is 50.5 Å². The van der Waals surface area contributed by atoms with Gasteiger partial charge in [-0.25, -0.2) is 15.0 Å². The molecule has 9 nitrogen and oxygen atoms in total. The minimum atomic E-state index is -0.154. The van der Waals surface area contributed by atoms with E-state index in [9.17, 15) is 0 Å². The molecule has 0 saturated carbocycles. The van der Waals surface area contributed by atoms with E-state index in [1.807, 2.05) is 44.4 Å². The van der Waals surface area contributed by atoms with Gasteiger partial charge in [-0.2, -0.15) is 9.97 Å². The Labute approximate surface area is 207 Å². The first-order chi connectivity index (χ1) is 17.0. The average molecular weight is 489 g/mol. The van der Waals surface area contributed by atoms with E-state index in [2.05, 4.69) is 29.7 Å². The number of aromatic amines is 1. The van der Waals surface area contributed by atoms with Gasteiger partial charge >= 0.3 is 0 Å². The summed E-state index contributed by atoms with van der Waals surface area (Å²) in [5.74, 6) is 2.85. The summed E-state index contributed by atoms with van der Waals surface area (Å²) in [6, 6.07) is 6.22. The summed E-state index contributed by atoms with van der Waals surface area (Å²) >= 11 is 6.35. The van der Waals surface area contributed by atoms with Crippen LogP contribution < -0.4 is 9.80 Å². The number of hydrogen-bond acceptors (Lipinski definition) is 8. The Hall–Kier alpha value is -3.30. The lowest BCUT2D eigenvalue weighted by Gasteiger charge is -2.36. The first-order valence-corrected chi connectivity index (χ1v) is 12.4. The molecule has 0 radical (unpaired) electrons. The van der Waals surface area contributed by atoms with Gasteiger partial charge in [-0.15, -0.1) is 0 Å². The molecule has 0 aliphatic carbocycles.